The van der Waals surface area contributed by atoms with Crippen LogP contribution in [0.5, 0.6) is 0 Å². The first-order valence-electron chi connectivity index (χ1n) is 4.16. The van der Waals surface area contributed by atoms with Gasteiger partial charge in [0.1, 0.15) is 0 Å². The molecule has 0 saturated heterocycles. The van der Waals surface area contributed by atoms with Gasteiger partial charge >= 0.3 is 5.51 Å². The maximum Gasteiger partial charge on any atom is 0.441 e. The molecule has 0 saturated carbocycles. The van der Waals surface area contributed by atoms with Crippen molar-refractivity contribution in [3.05, 3.63) is 12.7 Å². The number of nitrogens with one attached hydrogen (secondary N) is 1. The van der Waals surface area contributed by atoms with E-state index in [2.05, 4.69) is 11.9 Å². The van der Waals surface area contributed by atoms with Crippen LogP contribution in [0.4, 0.5) is 13.2 Å². The Balaban J connectivity index is 3.03. The molecule has 0 aromatic carbocycles. The zero-order chi connectivity index (χ0) is 10.9. The summed E-state index contributed by atoms with van der Waals surface area (Å²) in [6.07, 6.45) is 1.81. The number of thioether (sulfide) groups is 2. The van der Waals surface area contributed by atoms with Crippen molar-refractivity contribution in [3.63, 3.8) is 0 Å². The summed E-state index contributed by atoms with van der Waals surface area (Å²) in [6, 6.07) is 0. The second kappa shape index (κ2) is 8.49. The summed E-state index contributed by atoms with van der Waals surface area (Å²) in [6.45, 7) is 4.71. The molecule has 0 rings (SSSR count). The van der Waals surface area contributed by atoms with Gasteiger partial charge in [0, 0.05) is 30.3 Å². The quantitative estimate of drug-likeness (QED) is 0.521. The van der Waals surface area contributed by atoms with E-state index in [-0.39, 0.29) is 17.5 Å². The van der Waals surface area contributed by atoms with Crippen molar-refractivity contribution in [2.45, 2.75) is 5.51 Å². The van der Waals surface area contributed by atoms with Crippen LogP contribution >= 0.6 is 23.5 Å². The van der Waals surface area contributed by atoms with Gasteiger partial charge in [-0.2, -0.15) is 24.9 Å². The fourth-order valence-electron chi connectivity index (χ4n) is 0.675. The molecule has 0 heterocycles. The fraction of sp³-hybridized carbons (Fsp3) is 0.750. The van der Waals surface area contributed by atoms with E-state index in [1.165, 1.54) is 0 Å². The topological polar surface area (TPSA) is 12.0 Å². The molecule has 6 heteroatoms. The van der Waals surface area contributed by atoms with Gasteiger partial charge in [-0.15, -0.1) is 6.58 Å². The van der Waals surface area contributed by atoms with Crippen LogP contribution in [-0.2, 0) is 0 Å². The highest BCUT2D eigenvalue weighted by atomic mass is 32.2. The molecular formula is C8H14F3NS2. The van der Waals surface area contributed by atoms with Crippen LogP contribution in [0, 0.1) is 0 Å². The fourth-order valence-corrected chi connectivity index (χ4v) is 1.77. The predicted molar refractivity (Wildman–Crippen MR) is 58.9 cm³/mol. The van der Waals surface area contributed by atoms with E-state index in [1.54, 1.807) is 11.8 Å². The summed E-state index contributed by atoms with van der Waals surface area (Å²) in [5, 5.41) is 2.94. The predicted octanol–water partition coefficient (Wildman–Crippen LogP) is 2.75. The van der Waals surface area contributed by atoms with Gasteiger partial charge in [-0.05, 0) is 11.8 Å². The summed E-state index contributed by atoms with van der Waals surface area (Å²) in [7, 11) is 0. The molecule has 0 radical (unpaired) electrons. The van der Waals surface area contributed by atoms with Crippen LogP contribution in [0.1, 0.15) is 0 Å². The number of hydrogen-bond acceptors (Lipinski definition) is 3. The molecule has 0 spiro atoms. The first-order valence-corrected chi connectivity index (χ1v) is 6.30. The molecule has 0 bridgehead atoms. The van der Waals surface area contributed by atoms with Crippen LogP contribution in [0.15, 0.2) is 12.7 Å². The highest BCUT2D eigenvalue weighted by Gasteiger charge is 2.27. The first kappa shape index (κ1) is 14.2. The average molecular weight is 245 g/mol. The van der Waals surface area contributed by atoms with Crippen molar-refractivity contribution in [2.24, 2.45) is 0 Å². The van der Waals surface area contributed by atoms with E-state index in [9.17, 15) is 13.2 Å². The molecule has 0 amide bonds. The first-order chi connectivity index (χ1) is 6.56. The van der Waals surface area contributed by atoms with Crippen molar-refractivity contribution in [1.29, 1.82) is 0 Å². The summed E-state index contributed by atoms with van der Waals surface area (Å²) < 4.78 is 35.0. The zero-order valence-corrected chi connectivity index (χ0v) is 9.40. The summed E-state index contributed by atoms with van der Waals surface area (Å²) in [4.78, 5) is 0. The monoisotopic (exact) mass is 245 g/mol. The van der Waals surface area contributed by atoms with Gasteiger partial charge in [0.2, 0.25) is 0 Å². The standard InChI is InChI=1S/C8H14F3NS2/c1-2-5-13-6-3-12-4-7-14-8(9,10)11/h2,12H,1,3-7H2. The van der Waals surface area contributed by atoms with Gasteiger partial charge in [0.05, 0.1) is 0 Å². The smallest absolute Gasteiger partial charge is 0.315 e. The number of alkyl halides is 3. The third-order valence-corrected chi connectivity index (χ3v) is 2.90. The van der Waals surface area contributed by atoms with E-state index in [0.717, 1.165) is 18.1 Å². The Hall–Kier alpha value is 0.190. The molecule has 1 N–H and O–H groups in total. The highest BCUT2D eigenvalue weighted by molar-refractivity contribution is 8.00. The molecule has 0 unspecified atom stereocenters. The SMILES string of the molecule is C=CCSCCNCCSC(F)(F)F. The normalized spacial score (nSPS) is 11.6. The van der Waals surface area contributed by atoms with E-state index in [4.69, 9.17) is 0 Å². The minimum atomic E-state index is -4.10. The summed E-state index contributed by atoms with van der Waals surface area (Å²) in [5.74, 6) is 1.87. The molecule has 0 aliphatic carbocycles. The molecule has 0 aromatic heterocycles. The van der Waals surface area contributed by atoms with Crippen LogP contribution in [0.25, 0.3) is 0 Å². The lowest BCUT2D eigenvalue weighted by Crippen LogP contribution is -2.21. The van der Waals surface area contributed by atoms with Crippen molar-refractivity contribution < 1.29 is 13.2 Å². The molecule has 0 atom stereocenters. The molecule has 0 aromatic rings. The minimum absolute atomic E-state index is 0.0164. The Morgan fingerprint density at radius 1 is 1.21 bits per heavy atom. The lowest BCUT2D eigenvalue weighted by atomic mass is 10.7. The zero-order valence-electron chi connectivity index (χ0n) is 7.77. The Bertz CT molecular complexity index is 150. The van der Waals surface area contributed by atoms with E-state index in [0.29, 0.717) is 6.54 Å². The van der Waals surface area contributed by atoms with Gasteiger partial charge in [-0.3, -0.25) is 0 Å². The van der Waals surface area contributed by atoms with Crippen LogP contribution < -0.4 is 5.32 Å². The highest BCUT2D eigenvalue weighted by Crippen LogP contribution is 2.29. The van der Waals surface area contributed by atoms with Gasteiger partial charge in [0.25, 0.3) is 0 Å². The van der Waals surface area contributed by atoms with E-state index < -0.39 is 5.51 Å². The molecule has 0 aliphatic heterocycles. The van der Waals surface area contributed by atoms with Crippen molar-refractivity contribution in [3.8, 4) is 0 Å². The van der Waals surface area contributed by atoms with Gasteiger partial charge < -0.3 is 5.32 Å². The third kappa shape index (κ3) is 12.2. The second-order valence-electron chi connectivity index (χ2n) is 2.41. The van der Waals surface area contributed by atoms with Gasteiger partial charge in [-0.1, -0.05) is 6.08 Å². The Labute approximate surface area is 90.9 Å². The molecule has 0 fully saturated rings. The minimum Gasteiger partial charge on any atom is -0.315 e. The maximum absolute atomic E-state index is 11.7. The maximum atomic E-state index is 11.7. The molecule has 84 valence electrons. The van der Waals surface area contributed by atoms with Crippen molar-refractivity contribution in [2.75, 3.05) is 30.3 Å². The largest absolute Gasteiger partial charge is 0.441 e. The van der Waals surface area contributed by atoms with E-state index in [1.807, 2.05) is 6.08 Å². The van der Waals surface area contributed by atoms with Crippen LogP contribution in [-0.4, -0.2) is 35.9 Å². The Morgan fingerprint density at radius 2 is 1.86 bits per heavy atom. The number of rotatable bonds is 8. The summed E-state index contributed by atoms with van der Waals surface area (Å²) in [5.41, 5.74) is -4.10. The van der Waals surface area contributed by atoms with Gasteiger partial charge in [-0.25, -0.2) is 0 Å². The Morgan fingerprint density at radius 3 is 2.43 bits per heavy atom. The number of halogens is 3. The average Bonchev–Trinajstić information content (AvgIpc) is 2.08. The van der Waals surface area contributed by atoms with Crippen LogP contribution in [0.3, 0.4) is 0 Å². The number of hydrogen-bond donors (Lipinski definition) is 1. The van der Waals surface area contributed by atoms with Crippen molar-refractivity contribution in [1.82, 2.24) is 5.32 Å². The summed E-state index contributed by atoms with van der Waals surface area (Å²) >= 11 is 1.72. The third-order valence-electron chi connectivity index (χ3n) is 1.20. The van der Waals surface area contributed by atoms with Crippen LogP contribution in [0.2, 0.25) is 0 Å². The lowest BCUT2D eigenvalue weighted by Gasteiger charge is -2.06. The lowest BCUT2D eigenvalue weighted by molar-refractivity contribution is -0.0327. The Kier molecular flexibility index (Phi) is 8.61. The van der Waals surface area contributed by atoms with Gasteiger partial charge in [0.15, 0.2) is 0 Å². The molecule has 1 nitrogen and oxygen atoms in total. The van der Waals surface area contributed by atoms with Crippen molar-refractivity contribution >= 4 is 23.5 Å². The molecule has 14 heavy (non-hydrogen) atoms. The second-order valence-corrected chi connectivity index (χ2v) is 4.72. The molecular weight excluding hydrogens is 231 g/mol. The van der Waals surface area contributed by atoms with E-state index >= 15 is 0 Å². The molecule has 0 aliphatic rings.